The van der Waals surface area contributed by atoms with Crippen molar-refractivity contribution in [3.05, 3.63) is 59.7 Å². The fraction of sp³-hybridized carbons (Fsp3) is 0.364. The van der Waals surface area contributed by atoms with Gasteiger partial charge in [0.2, 0.25) is 5.91 Å². The summed E-state index contributed by atoms with van der Waals surface area (Å²) in [5, 5.41) is 8.62. The van der Waals surface area contributed by atoms with Crippen LogP contribution in [0.3, 0.4) is 0 Å². The number of amides is 1. The van der Waals surface area contributed by atoms with Gasteiger partial charge in [0, 0.05) is 13.6 Å². The molecule has 0 bridgehead atoms. The van der Waals surface area contributed by atoms with Crippen LogP contribution in [0, 0.1) is 5.92 Å². The molecule has 2 aromatic carbocycles. The van der Waals surface area contributed by atoms with Crippen LogP contribution in [0.2, 0.25) is 0 Å². The van der Waals surface area contributed by atoms with E-state index < -0.39 is 5.97 Å². The summed E-state index contributed by atoms with van der Waals surface area (Å²) >= 11 is 0. The van der Waals surface area contributed by atoms with E-state index in [0.29, 0.717) is 31.2 Å². The molecular formula is C22H27NO5. The van der Waals surface area contributed by atoms with E-state index in [0.717, 1.165) is 16.9 Å². The van der Waals surface area contributed by atoms with Gasteiger partial charge in [0.15, 0.2) is 6.61 Å². The van der Waals surface area contributed by atoms with Crippen molar-refractivity contribution in [2.75, 3.05) is 20.3 Å². The molecule has 0 atom stereocenters. The van der Waals surface area contributed by atoms with E-state index in [9.17, 15) is 9.59 Å². The fourth-order valence-corrected chi connectivity index (χ4v) is 2.47. The summed E-state index contributed by atoms with van der Waals surface area (Å²) in [6.07, 6.45) is 0.320. The van der Waals surface area contributed by atoms with E-state index in [2.05, 4.69) is 13.8 Å². The molecule has 150 valence electrons. The average molecular weight is 385 g/mol. The van der Waals surface area contributed by atoms with Gasteiger partial charge in [0.25, 0.3) is 0 Å². The lowest BCUT2D eigenvalue weighted by molar-refractivity contribution is -0.139. The lowest BCUT2D eigenvalue weighted by Gasteiger charge is -2.18. The Hall–Kier alpha value is -3.02. The molecule has 0 unspecified atom stereocenters. The van der Waals surface area contributed by atoms with Crippen molar-refractivity contribution in [2.45, 2.75) is 26.8 Å². The van der Waals surface area contributed by atoms with E-state index in [1.54, 1.807) is 24.1 Å². The van der Waals surface area contributed by atoms with Crippen LogP contribution in [0.25, 0.3) is 0 Å². The molecule has 0 aliphatic heterocycles. The molecule has 0 heterocycles. The third-order valence-corrected chi connectivity index (χ3v) is 3.99. The van der Waals surface area contributed by atoms with Gasteiger partial charge >= 0.3 is 5.97 Å². The van der Waals surface area contributed by atoms with Gasteiger partial charge in [0.05, 0.1) is 13.0 Å². The van der Waals surface area contributed by atoms with E-state index >= 15 is 0 Å². The van der Waals surface area contributed by atoms with Crippen molar-refractivity contribution >= 4 is 11.9 Å². The number of carboxylic acid groups (broad SMARTS) is 1. The smallest absolute Gasteiger partial charge is 0.341 e. The van der Waals surface area contributed by atoms with Gasteiger partial charge in [-0.25, -0.2) is 4.79 Å². The lowest BCUT2D eigenvalue weighted by atomic mass is 10.1. The minimum atomic E-state index is -1.02. The molecule has 0 saturated heterocycles. The largest absolute Gasteiger partial charge is 0.493 e. The second-order valence-corrected chi connectivity index (χ2v) is 7.10. The standard InChI is InChI=1S/C22H27NO5/c1-16(2)14-27-19-8-4-17(5-9-19)12-21(24)23(3)13-18-6-10-20(11-7-18)28-15-22(25)26/h4-11,16H,12-15H2,1-3H3,(H,25,26). The monoisotopic (exact) mass is 385 g/mol. The Labute approximate surface area is 165 Å². The number of aliphatic carboxylic acids is 1. The number of carbonyl (C=O) groups is 2. The highest BCUT2D eigenvalue weighted by molar-refractivity contribution is 5.78. The van der Waals surface area contributed by atoms with Gasteiger partial charge in [-0.3, -0.25) is 4.79 Å². The molecule has 2 aromatic rings. The van der Waals surface area contributed by atoms with Crippen molar-refractivity contribution in [2.24, 2.45) is 5.92 Å². The molecule has 0 aliphatic rings. The normalized spacial score (nSPS) is 10.6. The summed E-state index contributed by atoms with van der Waals surface area (Å²) in [6, 6.07) is 14.6. The number of likely N-dealkylation sites (N-methyl/N-ethyl adjacent to an activating group) is 1. The van der Waals surface area contributed by atoms with Crippen molar-refractivity contribution in [3.8, 4) is 11.5 Å². The number of benzene rings is 2. The van der Waals surface area contributed by atoms with E-state index in [-0.39, 0.29) is 12.5 Å². The average Bonchev–Trinajstić information content (AvgIpc) is 2.66. The van der Waals surface area contributed by atoms with Crippen LogP contribution in [0.1, 0.15) is 25.0 Å². The van der Waals surface area contributed by atoms with Crippen molar-refractivity contribution in [1.82, 2.24) is 4.90 Å². The minimum Gasteiger partial charge on any atom is -0.493 e. The van der Waals surface area contributed by atoms with Crippen LogP contribution in [-0.4, -0.2) is 42.1 Å². The van der Waals surface area contributed by atoms with Crippen LogP contribution in [0.5, 0.6) is 11.5 Å². The molecule has 6 nitrogen and oxygen atoms in total. The molecule has 28 heavy (non-hydrogen) atoms. The molecular weight excluding hydrogens is 358 g/mol. The van der Waals surface area contributed by atoms with Crippen LogP contribution in [0.15, 0.2) is 48.5 Å². The Bertz CT molecular complexity index is 769. The maximum absolute atomic E-state index is 12.5. The number of hydrogen-bond acceptors (Lipinski definition) is 4. The zero-order valence-electron chi connectivity index (χ0n) is 16.6. The maximum atomic E-state index is 12.5. The molecule has 1 N–H and O–H groups in total. The first-order chi connectivity index (χ1) is 13.3. The summed E-state index contributed by atoms with van der Waals surface area (Å²) in [5.74, 6) is 0.757. The molecule has 0 aromatic heterocycles. The van der Waals surface area contributed by atoms with E-state index in [1.807, 2.05) is 36.4 Å². The minimum absolute atomic E-state index is 0.0158. The Morgan fingerprint density at radius 3 is 2.00 bits per heavy atom. The SMILES string of the molecule is CC(C)COc1ccc(CC(=O)N(C)Cc2ccc(OCC(=O)O)cc2)cc1. The van der Waals surface area contributed by atoms with Gasteiger partial charge in [-0.05, 0) is 41.3 Å². The van der Waals surface area contributed by atoms with Crippen molar-refractivity contribution in [1.29, 1.82) is 0 Å². The van der Waals surface area contributed by atoms with Gasteiger partial charge < -0.3 is 19.5 Å². The second-order valence-electron chi connectivity index (χ2n) is 7.10. The van der Waals surface area contributed by atoms with Crippen LogP contribution in [0.4, 0.5) is 0 Å². The van der Waals surface area contributed by atoms with Gasteiger partial charge in [-0.2, -0.15) is 0 Å². The second kappa shape index (κ2) is 10.3. The third-order valence-electron chi connectivity index (χ3n) is 3.99. The Morgan fingerprint density at radius 2 is 1.46 bits per heavy atom. The zero-order valence-corrected chi connectivity index (χ0v) is 16.6. The highest BCUT2D eigenvalue weighted by atomic mass is 16.5. The Balaban J connectivity index is 1.84. The fourth-order valence-electron chi connectivity index (χ4n) is 2.47. The molecule has 2 rings (SSSR count). The zero-order chi connectivity index (χ0) is 20.5. The predicted octanol–water partition coefficient (Wildman–Crippen LogP) is 3.39. The number of ether oxygens (including phenoxy) is 2. The number of hydrogen-bond donors (Lipinski definition) is 1. The first kappa shape index (κ1) is 21.3. The third kappa shape index (κ3) is 7.31. The quantitative estimate of drug-likeness (QED) is 0.678. The lowest BCUT2D eigenvalue weighted by Crippen LogP contribution is -2.27. The highest BCUT2D eigenvalue weighted by Gasteiger charge is 2.11. The van der Waals surface area contributed by atoms with E-state index in [4.69, 9.17) is 14.6 Å². The molecule has 0 fully saturated rings. The number of carboxylic acids is 1. The molecule has 0 aliphatic carbocycles. The summed E-state index contributed by atoms with van der Waals surface area (Å²) < 4.78 is 10.8. The molecule has 0 radical (unpaired) electrons. The van der Waals surface area contributed by atoms with Crippen LogP contribution < -0.4 is 9.47 Å². The van der Waals surface area contributed by atoms with Crippen LogP contribution in [-0.2, 0) is 22.6 Å². The molecule has 0 saturated carbocycles. The van der Waals surface area contributed by atoms with Crippen LogP contribution >= 0.6 is 0 Å². The van der Waals surface area contributed by atoms with Crippen molar-refractivity contribution in [3.63, 3.8) is 0 Å². The number of carbonyl (C=O) groups excluding carboxylic acids is 1. The topological polar surface area (TPSA) is 76.1 Å². The van der Waals surface area contributed by atoms with Crippen molar-refractivity contribution < 1.29 is 24.2 Å². The summed E-state index contributed by atoms with van der Waals surface area (Å²) in [6.45, 7) is 4.95. The summed E-state index contributed by atoms with van der Waals surface area (Å²) in [4.78, 5) is 24.6. The highest BCUT2D eigenvalue weighted by Crippen LogP contribution is 2.16. The number of nitrogens with zero attached hydrogens (tertiary/aromatic N) is 1. The Kier molecular flexibility index (Phi) is 7.87. The van der Waals surface area contributed by atoms with Gasteiger partial charge in [-0.15, -0.1) is 0 Å². The van der Waals surface area contributed by atoms with Gasteiger partial charge in [-0.1, -0.05) is 38.1 Å². The number of rotatable bonds is 10. The predicted molar refractivity (Wildman–Crippen MR) is 107 cm³/mol. The molecule has 6 heteroatoms. The first-order valence-electron chi connectivity index (χ1n) is 9.22. The molecule has 0 spiro atoms. The summed E-state index contributed by atoms with van der Waals surface area (Å²) in [5.41, 5.74) is 1.88. The Morgan fingerprint density at radius 1 is 0.929 bits per heavy atom. The summed E-state index contributed by atoms with van der Waals surface area (Å²) in [7, 11) is 1.76. The van der Waals surface area contributed by atoms with Gasteiger partial charge in [0.1, 0.15) is 11.5 Å². The molecule has 1 amide bonds. The maximum Gasteiger partial charge on any atom is 0.341 e. The van der Waals surface area contributed by atoms with E-state index in [1.165, 1.54) is 0 Å². The first-order valence-corrected chi connectivity index (χ1v) is 9.22.